The molecule has 1 N–H and O–H groups in total. The van der Waals surface area contributed by atoms with Crippen molar-refractivity contribution in [3.05, 3.63) is 0 Å². The first-order valence-electron chi connectivity index (χ1n) is 5.65. The molecule has 0 aromatic carbocycles. The summed E-state index contributed by atoms with van der Waals surface area (Å²) in [7, 11) is 2.04. The number of hydrogen-bond donors (Lipinski definition) is 1. The van der Waals surface area contributed by atoms with Gasteiger partial charge in [0.1, 0.15) is 0 Å². The lowest BCUT2D eigenvalue weighted by molar-refractivity contribution is -0.173. The van der Waals surface area contributed by atoms with Crippen molar-refractivity contribution in [2.45, 2.75) is 12.6 Å². The third-order valence-corrected chi connectivity index (χ3v) is 2.79. The number of nitrogens with zero attached hydrogens (tertiary/aromatic N) is 2. The first-order valence-corrected chi connectivity index (χ1v) is 5.65. The largest absolute Gasteiger partial charge is 0.471 e. The van der Waals surface area contributed by atoms with E-state index < -0.39 is 12.1 Å². The number of nitrogens with one attached hydrogen (secondary N) is 1. The minimum absolute atomic E-state index is 0.0741. The highest BCUT2D eigenvalue weighted by molar-refractivity contribution is 5.81. The first kappa shape index (κ1) is 14.2. The van der Waals surface area contributed by atoms with Gasteiger partial charge in [-0.15, -0.1) is 0 Å². The molecule has 7 heteroatoms. The van der Waals surface area contributed by atoms with Gasteiger partial charge in [-0.05, 0) is 20.0 Å². The van der Waals surface area contributed by atoms with Crippen LogP contribution in [0.1, 0.15) is 6.42 Å². The Balaban J connectivity index is 2.07. The van der Waals surface area contributed by atoms with Gasteiger partial charge in [-0.2, -0.15) is 13.2 Å². The molecule has 0 unspecified atom stereocenters. The molecule has 1 aliphatic rings. The summed E-state index contributed by atoms with van der Waals surface area (Å²) < 4.78 is 35.5. The summed E-state index contributed by atoms with van der Waals surface area (Å²) in [5, 5.41) is 1.87. The Hall–Kier alpha value is -0.820. The molecule has 1 aliphatic heterocycles. The summed E-state index contributed by atoms with van der Waals surface area (Å²) >= 11 is 0. The van der Waals surface area contributed by atoms with E-state index in [0.717, 1.165) is 32.7 Å². The summed E-state index contributed by atoms with van der Waals surface area (Å²) in [4.78, 5) is 14.9. The van der Waals surface area contributed by atoms with E-state index >= 15 is 0 Å². The summed E-state index contributed by atoms with van der Waals surface area (Å²) in [6.45, 7) is 4.63. The second-order valence-electron chi connectivity index (χ2n) is 4.25. The second kappa shape index (κ2) is 6.20. The molecule has 1 fully saturated rings. The summed E-state index contributed by atoms with van der Waals surface area (Å²) in [6.07, 6.45) is -4.22. The lowest BCUT2D eigenvalue weighted by Crippen LogP contribution is -2.45. The Morgan fingerprint density at radius 3 is 2.35 bits per heavy atom. The Morgan fingerprint density at radius 2 is 1.82 bits per heavy atom. The van der Waals surface area contributed by atoms with Gasteiger partial charge in [-0.1, -0.05) is 0 Å². The molecular weight excluding hydrogens is 235 g/mol. The van der Waals surface area contributed by atoms with Crippen molar-refractivity contribution in [3.8, 4) is 0 Å². The highest BCUT2D eigenvalue weighted by atomic mass is 19.4. The normalized spacial score (nSPS) is 19.3. The molecule has 0 radical (unpaired) electrons. The van der Waals surface area contributed by atoms with E-state index in [1.807, 2.05) is 12.4 Å². The van der Waals surface area contributed by atoms with Crippen LogP contribution in [-0.4, -0.2) is 68.2 Å². The zero-order chi connectivity index (χ0) is 12.9. The van der Waals surface area contributed by atoms with Crippen LogP contribution in [0.15, 0.2) is 0 Å². The number of halogens is 3. The van der Waals surface area contributed by atoms with Crippen LogP contribution < -0.4 is 5.32 Å². The number of alkyl halides is 3. The standard InChI is InChI=1S/C10H18F3N3O/c1-15-5-7-16(8-6-15)4-2-3-14-9(17)10(11,12)13/h2-8H2,1H3,(H,14,17). The van der Waals surface area contributed by atoms with E-state index in [2.05, 4.69) is 9.80 Å². The Morgan fingerprint density at radius 1 is 1.24 bits per heavy atom. The molecule has 1 saturated heterocycles. The Kier molecular flexibility index (Phi) is 5.20. The molecule has 1 rings (SSSR count). The van der Waals surface area contributed by atoms with Crippen LogP contribution >= 0.6 is 0 Å². The van der Waals surface area contributed by atoms with Crippen molar-refractivity contribution in [1.29, 1.82) is 0 Å². The van der Waals surface area contributed by atoms with Crippen LogP contribution in [0.4, 0.5) is 13.2 Å². The van der Waals surface area contributed by atoms with E-state index in [4.69, 9.17) is 0 Å². The van der Waals surface area contributed by atoms with E-state index in [9.17, 15) is 18.0 Å². The van der Waals surface area contributed by atoms with Gasteiger partial charge in [0.2, 0.25) is 0 Å². The molecular formula is C10H18F3N3O. The molecule has 0 aromatic heterocycles. The average Bonchev–Trinajstić information content (AvgIpc) is 2.25. The zero-order valence-electron chi connectivity index (χ0n) is 9.89. The molecule has 1 amide bonds. The van der Waals surface area contributed by atoms with Crippen molar-refractivity contribution >= 4 is 5.91 Å². The maximum absolute atomic E-state index is 11.8. The molecule has 17 heavy (non-hydrogen) atoms. The third kappa shape index (κ3) is 5.36. The fourth-order valence-electron chi connectivity index (χ4n) is 1.68. The van der Waals surface area contributed by atoms with Crippen LogP contribution in [0, 0.1) is 0 Å². The molecule has 0 aliphatic carbocycles. The lowest BCUT2D eigenvalue weighted by atomic mass is 10.3. The topological polar surface area (TPSA) is 35.6 Å². The van der Waals surface area contributed by atoms with Gasteiger partial charge in [0.15, 0.2) is 0 Å². The van der Waals surface area contributed by atoms with Gasteiger partial charge in [-0.25, -0.2) is 0 Å². The van der Waals surface area contributed by atoms with Crippen LogP contribution in [0.5, 0.6) is 0 Å². The number of rotatable bonds is 4. The maximum Gasteiger partial charge on any atom is 0.471 e. The molecule has 100 valence electrons. The average molecular weight is 253 g/mol. The predicted octanol–water partition coefficient (Wildman–Crippen LogP) is 0.302. The minimum atomic E-state index is -4.77. The van der Waals surface area contributed by atoms with Crippen LogP contribution in [0.25, 0.3) is 0 Å². The quantitative estimate of drug-likeness (QED) is 0.732. The number of hydrogen-bond acceptors (Lipinski definition) is 3. The smallest absolute Gasteiger partial charge is 0.348 e. The van der Waals surface area contributed by atoms with Gasteiger partial charge < -0.3 is 15.1 Å². The molecule has 0 atom stereocenters. The van der Waals surface area contributed by atoms with Crippen LogP contribution in [0.3, 0.4) is 0 Å². The number of carbonyl (C=O) groups excluding carboxylic acids is 1. The number of carbonyl (C=O) groups is 1. The Bertz CT molecular complexity index is 250. The van der Waals surface area contributed by atoms with E-state index in [0.29, 0.717) is 6.42 Å². The minimum Gasteiger partial charge on any atom is -0.348 e. The summed E-state index contributed by atoms with van der Waals surface area (Å²) in [5.41, 5.74) is 0. The monoisotopic (exact) mass is 253 g/mol. The maximum atomic E-state index is 11.8. The highest BCUT2D eigenvalue weighted by Crippen LogP contribution is 2.13. The fourth-order valence-corrected chi connectivity index (χ4v) is 1.68. The van der Waals surface area contributed by atoms with Crippen molar-refractivity contribution in [1.82, 2.24) is 15.1 Å². The van der Waals surface area contributed by atoms with Crippen LogP contribution in [-0.2, 0) is 4.79 Å². The SMILES string of the molecule is CN1CCN(CCCNC(=O)C(F)(F)F)CC1. The predicted molar refractivity (Wildman–Crippen MR) is 57.6 cm³/mol. The fraction of sp³-hybridized carbons (Fsp3) is 0.900. The second-order valence-corrected chi connectivity index (χ2v) is 4.25. The first-order chi connectivity index (χ1) is 7.89. The molecule has 0 bridgehead atoms. The van der Waals surface area contributed by atoms with E-state index in [1.165, 1.54) is 0 Å². The van der Waals surface area contributed by atoms with Gasteiger partial charge in [0.05, 0.1) is 0 Å². The molecule has 1 heterocycles. The van der Waals surface area contributed by atoms with Crippen molar-refractivity contribution < 1.29 is 18.0 Å². The van der Waals surface area contributed by atoms with Gasteiger partial charge in [-0.3, -0.25) is 4.79 Å². The van der Waals surface area contributed by atoms with E-state index in [-0.39, 0.29) is 6.54 Å². The van der Waals surface area contributed by atoms with Crippen molar-refractivity contribution in [2.75, 3.05) is 46.3 Å². The highest BCUT2D eigenvalue weighted by Gasteiger charge is 2.38. The molecule has 0 aromatic rings. The molecule has 4 nitrogen and oxygen atoms in total. The third-order valence-electron chi connectivity index (χ3n) is 2.79. The number of amides is 1. The van der Waals surface area contributed by atoms with Crippen molar-refractivity contribution in [2.24, 2.45) is 0 Å². The number of piperazine rings is 1. The lowest BCUT2D eigenvalue weighted by Gasteiger charge is -2.32. The number of likely N-dealkylation sites (N-methyl/N-ethyl adjacent to an activating group) is 1. The van der Waals surface area contributed by atoms with Crippen molar-refractivity contribution in [3.63, 3.8) is 0 Å². The van der Waals surface area contributed by atoms with Gasteiger partial charge >= 0.3 is 12.1 Å². The summed E-state index contributed by atoms with van der Waals surface area (Å²) in [6, 6.07) is 0. The zero-order valence-corrected chi connectivity index (χ0v) is 9.89. The van der Waals surface area contributed by atoms with Gasteiger partial charge in [0, 0.05) is 32.7 Å². The molecule has 0 spiro atoms. The Labute approximate surface area is 98.7 Å². The van der Waals surface area contributed by atoms with E-state index in [1.54, 1.807) is 0 Å². The molecule has 0 saturated carbocycles. The van der Waals surface area contributed by atoms with Gasteiger partial charge in [0.25, 0.3) is 0 Å². The van der Waals surface area contributed by atoms with Crippen LogP contribution in [0.2, 0.25) is 0 Å². The summed E-state index contributed by atoms with van der Waals surface area (Å²) in [5.74, 6) is -1.85.